The van der Waals surface area contributed by atoms with Crippen LogP contribution in [0, 0.1) is 22.9 Å². The number of benzene rings is 1. The number of hydrogen-bond acceptors (Lipinski definition) is 4. The molecule has 0 aliphatic rings. The predicted molar refractivity (Wildman–Crippen MR) is 77.7 cm³/mol. The monoisotopic (exact) mass is 353 g/mol. The number of anilines is 1. The zero-order valence-electron chi connectivity index (χ0n) is 10.8. The largest absolute Gasteiger partial charge is 0.306 e. The molecule has 2 rings (SSSR count). The zero-order valence-corrected chi connectivity index (χ0v) is 12.3. The first-order valence-electron chi connectivity index (χ1n) is 5.76. The van der Waals surface area contributed by atoms with Crippen LogP contribution in [0.3, 0.4) is 0 Å². The number of carbonyl (C=O) groups excluding carboxylic acids is 1. The summed E-state index contributed by atoms with van der Waals surface area (Å²) in [6, 6.07) is 4.36. The first-order valence-corrected chi connectivity index (χ1v) is 6.55. The third-order valence-electron chi connectivity index (χ3n) is 2.69. The van der Waals surface area contributed by atoms with Crippen molar-refractivity contribution in [2.75, 3.05) is 5.32 Å². The van der Waals surface area contributed by atoms with Crippen LogP contribution in [0.2, 0.25) is 0 Å². The van der Waals surface area contributed by atoms with Crippen molar-refractivity contribution in [3.8, 4) is 0 Å². The molecule has 21 heavy (non-hydrogen) atoms. The highest BCUT2D eigenvalue weighted by Crippen LogP contribution is 2.20. The smallest absolute Gasteiger partial charge is 0.270 e. The Bertz CT molecular complexity index is 737. The molecule has 8 heteroatoms. The van der Waals surface area contributed by atoms with Crippen molar-refractivity contribution in [3.05, 3.63) is 62.0 Å². The van der Waals surface area contributed by atoms with Gasteiger partial charge in [0.2, 0.25) is 0 Å². The van der Waals surface area contributed by atoms with E-state index in [2.05, 4.69) is 26.2 Å². The molecule has 0 radical (unpaired) electrons. The number of amides is 1. The fourth-order valence-corrected chi connectivity index (χ4v) is 1.81. The van der Waals surface area contributed by atoms with E-state index in [-0.39, 0.29) is 11.5 Å². The molecular weight excluding hydrogens is 345 g/mol. The maximum Gasteiger partial charge on any atom is 0.270 e. The number of pyridine rings is 1. The van der Waals surface area contributed by atoms with Gasteiger partial charge in [0.1, 0.15) is 11.6 Å². The summed E-state index contributed by atoms with van der Waals surface area (Å²) in [5.74, 6) is -1.41. The normalized spacial score (nSPS) is 10.2. The SMILES string of the molecule is Cc1cc(NC(=O)c2cc([N+](=O)[O-])ccc2F)ncc1Br. The maximum atomic E-state index is 13.6. The van der Waals surface area contributed by atoms with Crippen molar-refractivity contribution in [2.45, 2.75) is 6.92 Å². The molecule has 6 nitrogen and oxygen atoms in total. The molecule has 0 saturated carbocycles. The van der Waals surface area contributed by atoms with Gasteiger partial charge in [0, 0.05) is 22.8 Å². The van der Waals surface area contributed by atoms with Gasteiger partial charge >= 0.3 is 0 Å². The van der Waals surface area contributed by atoms with Gasteiger partial charge in [0.15, 0.2) is 0 Å². The number of nitrogens with zero attached hydrogens (tertiary/aromatic N) is 2. The van der Waals surface area contributed by atoms with E-state index < -0.39 is 22.2 Å². The summed E-state index contributed by atoms with van der Waals surface area (Å²) < 4.78 is 14.4. The molecule has 1 heterocycles. The van der Waals surface area contributed by atoms with Gasteiger partial charge in [-0.05, 0) is 40.5 Å². The second kappa shape index (κ2) is 5.96. The quantitative estimate of drug-likeness (QED) is 0.676. The molecular formula is C13H9BrFN3O3. The van der Waals surface area contributed by atoms with Gasteiger partial charge in [-0.3, -0.25) is 14.9 Å². The van der Waals surface area contributed by atoms with E-state index in [9.17, 15) is 19.3 Å². The second-order valence-corrected chi connectivity index (χ2v) is 5.05. The highest BCUT2D eigenvalue weighted by Gasteiger charge is 2.17. The Labute approximate surface area is 127 Å². The van der Waals surface area contributed by atoms with Crippen LogP contribution in [0.15, 0.2) is 34.9 Å². The number of nitrogens with one attached hydrogen (secondary N) is 1. The Kier molecular flexibility index (Phi) is 4.27. The number of hydrogen-bond donors (Lipinski definition) is 1. The van der Waals surface area contributed by atoms with Crippen molar-refractivity contribution in [1.82, 2.24) is 4.98 Å². The summed E-state index contributed by atoms with van der Waals surface area (Å²) in [7, 11) is 0. The fourth-order valence-electron chi connectivity index (χ4n) is 1.59. The van der Waals surface area contributed by atoms with Crippen LogP contribution in [-0.2, 0) is 0 Å². The standard InChI is InChI=1S/C13H9BrFN3O3/c1-7-4-12(16-6-10(7)14)17-13(19)9-5-8(18(20)21)2-3-11(9)15/h2-6H,1H3,(H,16,17,19). The number of non-ortho nitro benzene ring substituents is 1. The molecule has 0 saturated heterocycles. The lowest BCUT2D eigenvalue weighted by molar-refractivity contribution is -0.384. The molecule has 1 amide bonds. The highest BCUT2D eigenvalue weighted by molar-refractivity contribution is 9.10. The predicted octanol–water partition coefficient (Wildman–Crippen LogP) is 3.45. The number of halogens is 2. The molecule has 1 aromatic carbocycles. The van der Waals surface area contributed by atoms with Gasteiger partial charge in [0.25, 0.3) is 11.6 Å². The highest BCUT2D eigenvalue weighted by atomic mass is 79.9. The van der Waals surface area contributed by atoms with Crippen molar-refractivity contribution in [1.29, 1.82) is 0 Å². The lowest BCUT2D eigenvalue weighted by Gasteiger charge is -2.07. The first-order chi connectivity index (χ1) is 9.88. The molecule has 0 fully saturated rings. The lowest BCUT2D eigenvalue weighted by atomic mass is 10.1. The Morgan fingerprint density at radius 2 is 2.14 bits per heavy atom. The van der Waals surface area contributed by atoms with E-state index in [0.29, 0.717) is 0 Å². The van der Waals surface area contributed by atoms with E-state index >= 15 is 0 Å². The van der Waals surface area contributed by atoms with Crippen molar-refractivity contribution < 1.29 is 14.1 Å². The Morgan fingerprint density at radius 3 is 2.76 bits per heavy atom. The summed E-state index contributed by atoms with van der Waals surface area (Å²) in [6.07, 6.45) is 1.49. The lowest BCUT2D eigenvalue weighted by Crippen LogP contribution is -2.15. The number of nitro benzene ring substituents is 1. The summed E-state index contributed by atoms with van der Waals surface area (Å²) in [4.78, 5) is 25.9. The van der Waals surface area contributed by atoms with Crippen LogP contribution in [0.1, 0.15) is 15.9 Å². The van der Waals surface area contributed by atoms with Gasteiger partial charge in [0.05, 0.1) is 10.5 Å². The Hall–Kier alpha value is -2.35. The Morgan fingerprint density at radius 1 is 1.43 bits per heavy atom. The first kappa shape index (κ1) is 15.0. The van der Waals surface area contributed by atoms with E-state index in [1.165, 1.54) is 6.20 Å². The third kappa shape index (κ3) is 3.40. The summed E-state index contributed by atoms with van der Waals surface area (Å²) in [6.45, 7) is 1.80. The number of nitro groups is 1. The molecule has 2 aromatic rings. The summed E-state index contributed by atoms with van der Waals surface area (Å²) >= 11 is 3.27. The number of carbonyl (C=O) groups is 1. The second-order valence-electron chi connectivity index (χ2n) is 4.19. The van der Waals surface area contributed by atoms with Gasteiger partial charge in [-0.15, -0.1) is 0 Å². The van der Waals surface area contributed by atoms with Crippen molar-refractivity contribution >= 4 is 33.3 Å². The maximum absolute atomic E-state index is 13.6. The van der Waals surface area contributed by atoms with E-state index in [1.54, 1.807) is 13.0 Å². The Balaban J connectivity index is 2.29. The number of aryl methyl sites for hydroxylation is 1. The van der Waals surface area contributed by atoms with Gasteiger partial charge in [-0.2, -0.15) is 0 Å². The van der Waals surface area contributed by atoms with Crippen molar-refractivity contribution in [3.63, 3.8) is 0 Å². The fraction of sp³-hybridized carbons (Fsp3) is 0.0769. The van der Waals surface area contributed by atoms with E-state index in [0.717, 1.165) is 28.2 Å². The molecule has 0 aliphatic heterocycles. The van der Waals surface area contributed by atoms with Crippen molar-refractivity contribution in [2.24, 2.45) is 0 Å². The van der Waals surface area contributed by atoms with Crippen LogP contribution >= 0.6 is 15.9 Å². The van der Waals surface area contributed by atoms with E-state index in [4.69, 9.17) is 0 Å². The molecule has 0 bridgehead atoms. The molecule has 1 N–H and O–H groups in total. The third-order valence-corrected chi connectivity index (χ3v) is 3.52. The van der Waals surface area contributed by atoms with Gasteiger partial charge in [-0.1, -0.05) is 0 Å². The minimum Gasteiger partial charge on any atom is -0.306 e. The topological polar surface area (TPSA) is 85.1 Å². The average molecular weight is 354 g/mol. The van der Waals surface area contributed by atoms with Gasteiger partial charge in [-0.25, -0.2) is 9.37 Å². The van der Waals surface area contributed by atoms with Gasteiger partial charge < -0.3 is 5.32 Å². The van der Waals surface area contributed by atoms with Crippen LogP contribution < -0.4 is 5.32 Å². The molecule has 0 aliphatic carbocycles. The summed E-state index contributed by atoms with van der Waals surface area (Å²) in [5.41, 5.74) is 0.0629. The van der Waals surface area contributed by atoms with Crippen LogP contribution in [0.5, 0.6) is 0 Å². The molecule has 0 spiro atoms. The molecule has 0 atom stereocenters. The number of rotatable bonds is 3. The average Bonchev–Trinajstić information content (AvgIpc) is 2.43. The molecule has 1 aromatic heterocycles. The van der Waals surface area contributed by atoms with E-state index in [1.807, 2.05) is 0 Å². The molecule has 0 unspecified atom stereocenters. The number of aromatic nitrogens is 1. The summed E-state index contributed by atoms with van der Waals surface area (Å²) in [5, 5.41) is 13.1. The van der Waals surface area contributed by atoms with Crippen LogP contribution in [-0.4, -0.2) is 15.8 Å². The van der Waals surface area contributed by atoms with Crippen LogP contribution in [0.25, 0.3) is 0 Å². The zero-order chi connectivity index (χ0) is 15.6. The molecule has 108 valence electrons. The van der Waals surface area contributed by atoms with Crippen LogP contribution in [0.4, 0.5) is 15.9 Å². The minimum atomic E-state index is -0.841. The minimum absolute atomic E-state index is 0.228.